The average molecular weight is 354 g/mol. The van der Waals surface area contributed by atoms with Gasteiger partial charge in [-0.2, -0.15) is 0 Å². The van der Waals surface area contributed by atoms with E-state index >= 15 is 0 Å². The summed E-state index contributed by atoms with van der Waals surface area (Å²) in [7, 11) is 0. The Kier molecular flexibility index (Phi) is 6.80. The fourth-order valence-electron chi connectivity index (χ4n) is 2.06. The highest BCUT2D eigenvalue weighted by atomic mass is 35.5. The van der Waals surface area contributed by atoms with Gasteiger partial charge in [-0.3, -0.25) is 4.79 Å². The van der Waals surface area contributed by atoms with Crippen LogP contribution in [0.15, 0.2) is 24.3 Å². The van der Waals surface area contributed by atoms with Crippen molar-refractivity contribution in [2.75, 3.05) is 11.9 Å². The molecule has 1 aromatic heterocycles. The molecule has 1 aromatic carbocycles. The molecular weight excluding hydrogens is 334 g/mol. The van der Waals surface area contributed by atoms with E-state index in [0.717, 1.165) is 17.8 Å². The molecule has 23 heavy (non-hydrogen) atoms. The van der Waals surface area contributed by atoms with Crippen LogP contribution in [0.3, 0.4) is 0 Å². The van der Waals surface area contributed by atoms with Crippen molar-refractivity contribution < 1.29 is 9.53 Å². The highest BCUT2D eigenvalue weighted by molar-refractivity contribution is 7.15. The summed E-state index contributed by atoms with van der Waals surface area (Å²) >= 11 is 7.24. The van der Waals surface area contributed by atoms with Gasteiger partial charge in [-0.1, -0.05) is 36.8 Å². The van der Waals surface area contributed by atoms with Crippen molar-refractivity contribution in [3.63, 3.8) is 0 Å². The molecule has 0 aliphatic heterocycles. The number of amides is 1. The number of carbonyl (C=O) groups is 1. The molecule has 1 N–H and O–H groups in total. The minimum atomic E-state index is -0.133. The van der Waals surface area contributed by atoms with Gasteiger partial charge in [-0.05, 0) is 37.1 Å². The monoisotopic (exact) mass is 353 g/mol. The molecule has 1 heterocycles. The van der Waals surface area contributed by atoms with Gasteiger partial charge in [-0.15, -0.1) is 10.2 Å². The van der Waals surface area contributed by atoms with Crippen molar-refractivity contribution in [2.45, 2.75) is 39.0 Å². The van der Waals surface area contributed by atoms with Gasteiger partial charge in [0.2, 0.25) is 11.0 Å². The van der Waals surface area contributed by atoms with Crippen molar-refractivity contribution in [1.29, 1.82) is 0 Å². The number of hydrogen-bond acceptors (Lipinski definition) is 5. The lowest BCUT2D eigenvalue weighted by Crippen LogP contribution is -2.15. The van der Waals surface area contributed by atoms with E-state index in [-0.39, 0.29) is 12.3 Å². The molecule has 7 heteroatoms. The number of anilines is 1. The van der Waals surface area contributed by atoms with Crippen LogP contribution in [-0.2, 0) is 4.79 Å². The van der Waals surface area contributed by atoms with Crippen molar-refractivity contribution in [1.82, 2.24) is 10.2 Å². The highest BCUT2D eigenvalue weighted by Crippen LogP contribution is 2.28. The van der Waals surface area contributed by atoms with Crippen LogP contribution < -0.4 is 10.1 Å². The molecule has 2 rings (SSSR count). The SMILES string of the molecule is CCC(CC)c1nnc(NC(=O)CCOc2ccc(Cl)cc2)s1. The van der Waals surface area contributed by atoms with Crippen molar-refractivity contribution >= 4 is 34.0 Å². The van der Waals surface area contributed by atoms with E-state index in [2.05, 4.69) is 29.4 Å². The molecule has 1 amide bonds. The molecule has 0 aliphatic rings. The first-order chi connectivity index (χ1) is 11.1. The van der Waals surface area contributed by atoms with Crippen LogP contribution in [0.4, 0.5) is 5.13 Å². The maximum atomic E-state index is 11.9. The van der Waals surface area contributed by atoms with E-state index in [1.165, 1.54) is 11.3 Å². The zero-order chi connectivity index (χ0) is 16.7. The Balaban J connectivity index is 1.77. The van der Waals surface area contributed by atoms with Gasteiger partial charge in [0.1, 0.15) is 10.8 Å². The van der Waals surface area contributed by atoms with Gasteiger partial charge in [0, 0.05) is 10.9 Å². The number of carbonyl (C=O) groups excluding carboxylic acids is 1. The van der Waals surface area contributed by atoms with Gasteiger partial charge in [0.05, 0.1) is 13.0 Å². The number of aromatic nitrogens is 2. The normalized spacial score (nSPS) is 10.8. The number of rotatable bonds is 8. The lowest BCUT2D eigenvalue weighted by molar-refractivity contribution is -0.116. The number of nitrogens with one attached hydrogen (secondary N) is 1. The topological polar surface area (TPSA) is 64.1 Å². The molecule has 0 saturated carbocycles. The minimum Gasteiger partial charge on any atom is -0.493 e. The third-order valence-electron chi connectivity index (χ3n) is 3.43. The first-order valence-corrected chi connectivity index (χ1v) is 8.83. The number of halogens is 1. The minimum absolute atomic E-state index is 0.133. The summed E-state index contributed by atoms with van der Waals surface area (Å²) in [4.78, 5) is 11.9. The predicted octanol–water partition coefficient (Wildman–Crippen LogP) is 4.50. The first kappa shape index (κ1) is 17.7. The molecule has 0 bridgehead atoms. The Morgan fingerprint density at radius 2 is 1.96 bits per heavy atom. The fourth-order valence-corrected chi connectivity index (χ4v) is 3.21. The molecule has 0 spiro atoms. The van der Waals surface area contributed by atoms with Crippen LogP contribution in [0.5, 0.6) is 5.75 Å². The summed E-state index contributed by atoms with van der Waals surface area (Å²) in [6.45, 7) is 4.55. The van der Waals surface area contributed by atoms with Gasteiger partial charge in [-0.25, -0.2) is 0 Å². The quantitative estimate of drug-likeness (QED) is 0.758. The van der Waals surface area contributed by atoms with Gasteiger partial charge in [0.15, 0.2) is 0 Å². The Bertz CT molecular complexity index is 627. The largest absolute Gasteiger partial charge is 0.493 e. The van der Waals surface area contributed by atoms with E-state index in [0.29, 0.717) is 28.4 Å². The van der Waals surface area contributed by atoms with Gasteiger partial charge >= 0.3 is 0 Å². The van der Waals surface area contributed by atoms with Crippen LogP contribution in [0, 0.1) is 0 Å². The first-order valence-electron chi connectivity index (χ1n) is 7.64. The third-order valence-corrected chi connectivity index (χ3v) is 4.69. The summed E-state index contributed by atoms with van der Waals surface area (Å²) in [6.07, 6.45) is 2.30. The van der Waals surface area contributed by atoms with E-state index in [4.69, 9.17) is 16.3 Å². The van der Waals surface area contributed by atoms with Crippen LogP contribution in [-0.4, -0.2) is 22.7 Å². The third kappa shape index (κ3) is 5.48. The van der Waals surface area contributed by atoms with Crippen LogP contribution in [0.2, 0.25) is 5.02 Å². The van der Waals surface area contributed by atoms with E-state index < -0.39 is 0 Å². The van der Waals surface area contributed by atoms with Crippen molar-refractivity contribution in [3.05, 3.63) is 34.3 Å². The van der Waals surface area contributed by atoms with Crippen molar-refractivity contribution in [3.8, 4) is 5.75 Å². The average Bonchev–Trinajstić information content (AvgIpc) is 2.99. The summed E-state index contributed by atoms with van der Waals surface area (Å²) in [6, 6.07) is 7.04. The summed E-state index contributed by atoms with van der Waals surface area (Å²) < 4.78 is 5.50. The standard InChI is InChI=1S/C16H20ClN3O2S/c1-3-11(4-2)15-19-20-16(23-15)18-14(21)9-10-22-13-7-5-12(17)6-8-13/h5-8,11H,3-4,9-10H2,1-2H3,(H,18,20,21). The van der Waals surface area contributed by atoms with Crippen LogP contribution in [0.1, 0.15) is 44.0 Å². The Hall–Kier alpha value is -1.66. The fraction of sp³-hybridized carbons (Fsp3) is 0.438. The lowest BCUT2D eigenvalue weighted by atomic mass is 10.1. The lowest BCUT2D eigenvalue weighted by Gasteiger charge is -2.06. The molecule has 0 fully saturated rings. The molecule has 0 aliphatic carbocycles. The van der Waals surface area contributed by atoms with Gasteiger partial charge < -0.3 is 10.1 Å². The number of hydrogen-bond donors (Lipinski definition) is 1. The Morgan fingerprint density at radius 1 is 1.26 bits per heavy atom. The Morgan fingerprint density at radius 3 is 2.61 bits per heavy atom. The van der Waals surface area contributed by atoms with Gasteiger partial charge in [0.25, 0.3) is 0 Å². The summed E-state index contributed by atoms with van der Waals surface area (Å²) in [5.41, 5.74) is 0. The van der Waals surface area contributed by atoms with Crippen LogP contribution in [0.25, 0.3) is 0 Å². The summed E-state index contributed by atoms with van der Waals surface area (Å²) in [5.74, 6) is 0.965. The van der Waals surface area contributed by atoms with E-state index in [1.807, 2.05) is 0 Å². The second-order valence-electron chi connectivity index (χ2n) is 5.06. The molecule has 0 atom stereocenters. The number of ether oxygens (including phenoxy) is 1. The smallest absolute Gasteiger partial charge is 0.229 e. The second-order valence-corrected chi connectivity index (χ2v) is 6.50. The molecule has 2 aromatic rings. The molecule has 0 unspecified atom stereocenters. The second kappa shape index (κ2) is 8.84. The highest BCUT2D eigenvalue weighted by Gasteiger charge is 2.14. The Labute approximate surface area is 145 Å². The van der Waals surface area contributed by atoms with E-state index in [1.54, 1.807) is 24.3 Å². The number of benzene rings is 1. The molecule has 0 saturated heterocycles. The zero-order valence-corrected chi connectivity index (χ0v) is 14.8. The van der Waals surface area contributed by atoms with E-state index in [9.17, 15) is 4.79 Å². The molecule has 5 nitrogen and oxygen atoms in total. The molecular formula is C16H20ClN3O2S. The van der Waals surface area contributed by atoms with Crippen LogP contribution >= 0.6 is 22.9 Å². The molecule has 124 valence electrons. The van der Waals surface area contributed by atoms with Crippen molar-refractivity contribution in [2.24, 2.45) is 0 Å². The zero-order valence-electron chi connectivity index (χ0n) is 13.2. The molecule has 0 radical (unpaired) electrons. The maximum absolute atomic E-state index is 11.9. The number of nitrogens with zero attached hydrogens (tertiary/aromatic N) is 2. The summed E-state index contributed by atoms with van der Waals surface area (Å²) in [5, 5.41) is 13.1. The predicted molar refractivity (Wildman–Crippen MR) is 93.4 cm³/mol. The maximum Gasteiger partial charge on any atom is 0.229 e.